The predicted octanol–water partition coefficient (Wildman–Crippen LogP) is 1.26. The summed E-state index contributed by atoms with van der Waals surface area (Å²) in [5, 5.41) is 6.94. The number of aromatic nitrogens is 3. The largest absolute Gasteiger partial charge is 0.370 e. The van der Waals surface area contributed by atoms with Crippen LogP contribution in [0.5, 0.6) is 0 Å². The van der Waals surface area contributed by atoms with Gasteiger partial charge in [0.1, 0.15) is 18.3 Å². The molecule has 1 aliphatic rings. The molecule has 4 rings (SSSR count). The Morgan fingerprint density at radius 1 is 1.33 bits per heavy atom. The molecule has 8 nitrogen and oxygen atoms in total. The van der Waals surface area contributed by atoms with Gasteiger partial charge in [0.2, 0.25) is 5.91 Å². The minimum atomic E-state index is -0.321. The second kappa shape index (κ2) is 7.22. The van der Waals surface area contributed by atoms with Gasteiger partial charge in [-0.1, -0.05) is 23.4 Å². The smallest absolute Gasteiger partial charge is 0.267 e. The van der Waals surface area contributed by atoms with Crippen molar-refractivity contribution in [2.45, 2.75) is 26.3 Å². The monoisotopic (exact) mass is 367 g/mol. The van der Waals surface area contributed by atoms with Crippen molar-refractivity contribution < 1.29 is 9.32 Å². The van der Waals surface area contributed by atoms with Gasteiger partial charge in [0.05, 0.1) is 5.69 Å². The van der Waals surface area contributed by atoms with E-state index in [0.717, 1.165) is 25.9 Å². The van der Waals surface area contributed by atoms with Crippen LogP contribution in [0.1, 0.15) is 17.7 Å². The highest BCUT2D eigenvalue weighted by Gasteiger charge is 2.17. The number of anilines is 1. The van der Waals surface area contributed by atoms with Gasteiger partial charge in [-0.2, -0.15) is 0 Å². The molecule has 0 saturated heterocycles. The normalized spacial score (nSPS) is 13.6. The molecular formula is C19H21N5O3. The molecule has 8 heteroatoms. The summed E-state index contributed by atoms with van der Waals surface area (Å²) in [7, 11) is 0. The molecule has 1 aliphatic heterocycles. The van der Waals surface area contributed by atoms with Gasteiger partial charge in [0.15, 0.2) is 0 Å². The predicted molar refractivity (Wildman–Crippen MR) is 101 cm³/mol. The van der Waals surface area contributed by atoms with Crippen LogP contribution < -0.4 is 15.8 Å². The first-order valence-electron chi connectivity index (χ1n) is 9.04. The maximum absolute atomic E-state index is 12.4. The third kappa shape index (κ3) is 3.42. The number of rotatable bonds is 5. The van der Waals surface area contributed by atoms with Crippen molar-refractivity contribution in [1.82, 2.24) is 20.0 Å². The summed E-state index contributed by atoms with van der Waals surface area (Å²) >= 11 is 0. The van der Waals surface area contributed by atoms with Crippen molar-refractivity contribution in [1.29, 1.82) is 0 Å². The summed E-state index contributed by atoms with van der Waals surface area (Å²) in [5.41, 5.74) is 2.94. The second-order valence-corrected chi connectivity index (χ2v) is 6.70. The summed E-state index contributed by atoms with van der Waals surface area (Å²) < 4.78 is 6.25. The van der Waals surface area contributed by atoms with Gasteiger partial charge in [-0.3, -0.25) is 14.2 Å². The van der Waals surface area contributed by atoms with Gasteiger partial charge < -0.3 is 14.7 Å². The lowest BCUT2D eigenvalue weighted by Crippen LogP contribution is -2.39. The second-order valence-electron chi connectivity index (χ2n) is 6.70. The van der Waals surface area contributed by atoms with E-state index < -0.39 is 0 Å². The quantitative estimate of drug-likeness (QED) is 0.730. The molecule has 0 fully saturated rings. The van der Waals surface area contributed by atoms with Crippen molar-refractivity contribution in [3.8, 4) is 0 Å². The van der Waals surface area contributed by atoms with Crippen LogP contribution in [0.25, 0.3) is 11.1 Å². The lowest BCUT2D eigenvalue weighted by Gasteiger charge is -2.31. The van der Waals surface area contributed by atoms with E-state index >= 15 is 0 Å². The Balaban J connectivity index is 1.37. The van der Waals surface area contributed by atoms with E-state index in [0.29, 0.717) is 17.6 Å². The number of aryl methyl sites for hydroxylation is 2. The molecule has 1 aromatic carbocycles. The van der Waals surface area contributed by atoms with Crippen LogP contribution in [0.4, 0.5) is 5.69 Å². The lowest BCUT2D eigenvalue weighted by atomic mass is 10.0. The molecule has 1 amide bonds. The highest BCUT2D eigenvalue weighted by Crippen LogP contribution is 2.25. The van der Waals surface area contributed by atoms with Crippen LogP contribution in [0.15, 0.2) is 39.9 Å². The fraction of sp³-hybridized carbons (Fsp3) is 0.368. The van der Waals surface area contributed by atoms with Gasteiger partial charge in [0.25, 0.3) is 11.3 Å². The summed E-state index contributed by atoms with van der Waals surface area (Å²) in [6.07, 6.45) is 3.53. The molecule has 3 aromatic rings. The number of carbonyl (C=O) groups excluding carboxylic acids is 1. The fourth-order valence-corrected chi connectivity index (χ4v) is 3.51. The molecule has 0 radical (unpaired) electrons. The van der Waals surface area contributed by atoms with Crippen molar-refractivity contribution >= 4 is 22.7 Å². The molecule has 0 atom stereocenters. The Labute approximate surface area is 155 Å². The molecule has 0 spiro atoms. The van der Waals surface area contributed by atoms with E-state index in [4.69, 9.17) is 4.52 Å². The van der Waals surface area contributed by atoms with Crippen LogP contribution in [-0.4, -0.2) is 40.2 Å². The van der Waals surface area contributed by atoms with Crippen molar-refractivity contribution in [3.63, 3.8) is 0 Å². The van der Waals surface area contributed by atoms with Crippen molar-refractivity contribution in [2.75, 3.05) is 24.5 Å². The summed E-state index contributed by atoms with van der Waals surface area (Å²) in [5.74, 6) is -0.224. The lowest BCUT2D eigenvalue weighted by molar-refractivity contribution is -0.121. The number of hydrogen-bond donors (Lipinski definition) is 1. The maximum Gasteiger partial charge on any atom is 0.267 e. The average Bonchev–Trinajstić information content (AvgIpc) is 3.06. The van der Waals surface area contributed by atoms with Crippen LogP contribution >= 0.6 is 0 Å². The first kappa shape index (κ1) is 17.3. The van der Waals surface area contributed by atoms with Crippen LogP contribution in [0.3, 0.4) is 0 Å². The number of para-hydroxylation sites is 1. The summed E-state index contributed by atoms with van der Waals surface area (Å²) in [6.45, 7) is 3.84. The van der Waals surface area contributed by atoms with E-state index in [1.165, 1.54) is 22.1 Å². The maximum atomic E-state index is 12.4. The number of benzene rings is 1. The number of nitrogens with one attached hydrogen (secondary N) is 1. The molecule has 0 bridgehead atoms. The standard InChI is InChI=1S/C19H21N5O3/c1-13-17-18(27-22-13)21-12-24(19(17)26)11-16(25)20-8-10-23-9-4-6-14-5-2-3-7-15(14)23/h2-3,5,7,12H,4,6,8-11H2,1H3,(H,20,25). The Morgan fingerprint density at radius 3 is 3.07 bits per heavy atom. The molecule has 2 aromatic heterocycles. The van der Waals surface area contributed by atoms with Crippen LogP contribution in [0.2, 0.25) is 0 Å². The van der Waals surface area contributed by atoms with Crippen molar-refractivity contribution in [2.24, 2.45) is 0 Å². The minimum absolute atomic E-state index is 0.0804. The Hall–Kier alpha value is -3.16. The molecule has 0 saturated carbocycles. The Bertz CT molecular complexity index is 1040. The average molecular weight is 367 g/mol. The number of hydrogen-bond acceptors (Lipinski definition) is 6. The van der Waals surface area contributed by atoms with Gasteiger partial charge in [0, 0.05) is 25.3 Å². The number of amides is 1. The molecule has 1 N–H and O–H groups in total. The molecule has 0 aliphatic carbocycles. The SMILES string of the molecule is Cc1noc2ncn(CC(=O)NCCN3CCCc4ccccc43)c(=O)c12. The van der Waals surface area contributed by atoms with E-state index in [1.807, 2.05) is 6.07 Å². The minimum Gasteiger partial charge on any atom is -0.370 e. The number of carbonyl (C=O) groups is 1. The van der Waals surface area contributed by atoms with E-state index in [2.05, 4.69) is 38.6 Å². The Morgan fingerprint density at radius 2 is 2.19 bits per heavy atom. The van der Waals surface area contributed by atoms with E-state index in [1.54, 1.807) is 6.92 Å². The fourth-order valence-electron chi connectivity index (χ4n) is 3.51. The molecule has 27 heavy (non-hydrogen) atoms. The zero-order valence-electron chi connectivity index (χ0n) is 15.1. The van der Waals surface area contributed by atoms with E-state index in [9.17, 15) is 9.59 Å². The van der Waals surface area contributed by atoms with Crippen LogP contribution in [-0.2, 0) is 17.8 Å². The third-order valence-corrected chi connectivity index (χ3v) is 4.86. The van der Waals surface area contributed by atoms with Gasteiger partial charge in [-0.25, -0.2) is 4.98 Å². The zero-order chi connectivity index (χ0) is 18.8. The summed E-state index contributed by atoms with van der Waals surface area (Å²) in [6, 6.07) is 8.38. The van der Waals surface area contributed by atoms with Gasteiger partial charge in [-0.15, -0.1) is 0 Å². The molecule has 140 valence electrons. The number of nitrogens with zero attached hydrogens (tertiary/aromatic N) is 4. The third-order valence-electron chi connectivity index (χ3n) is 4.86. The van der Waals surface area contributed by atoms with Crippen molar-refractivity contribution in [3.05, 3.63) is 52.2 Å². The Kier molecular flexibility index (Phi) is 4.62. The molecule has 3 heterocycles. The van der Waals surface area contributed by atoms with E-state index in [-0.39, 0.29) is 23.7 Å². The molecule has 0 unspecified atom stereocenters. The highest BCUT2D eigenvalue weighted by molar-refractivity contribution is 5.77. The summed E-state index contributed by atoms with van der Waals surface area (Å²) in [4.78, 5) is 31.0. The topological polar surface area (TPSA) is 93.3 Å². The number of fused-ring (bicyclic) bond motifs is 2. The first-order valence-corrected chi connectivity index (χ1v) is 9.04. The molecular weight excluding hydrogens is 346 g/mol. The van der Waals surface area contributed by atoms with Crippen LogP contribution in [0, 0.1) is 6.92 Å². The zero-order valence-corrected chi connectivity index (χ0v) is 15.1. The first-order chi connectivity index (χ1) is 13.1. The highest BCUT2D eigenvalue weighted by atomic mass is 16.5. The van der Waals surface area contributed by atoms with Gasteiger partial charge in [-0.05, 0) is 31.4 Å². The van der Waals surface area contributed by atoms with Gasteiger partial charge >= 0.3 is 0 Å².